The zero-order valence-corrected chi connectivity index (χ0v) is 23.0. The van der Waals surface area contributed by atoms with Gasteiger partial charge < -0.3 is 28.7 Å². The number of piperazine rings is 1. The van der Waals surface area contributed by atoms with Crippen LogP contribution in [0.5, 0.6) is 5.75 Å². The van der Waals surface area contributed by atoms with Crippen LogP contribution in [0.3, 0.4) is 0 Å². The number of anilines is 1. The van der Waals surface area contributed by atoms with E-state index in [1.807, 2.05) is 26.2 Å². The third-order valence-corrected chi connectivity index (χ3v) is 7.05. The molecule has 2 fully saturated rings. The molecule has 1 aromatic heterocycles. The molecule has 4 rings (SSSR count). The minimum atomic E-state index is -1.04. The van der Waals surface area contributed by atoms with Gasteiger partial charge in [-0.3, -0.25) is 4.90 Å². The van der Waals surface area contributed by atoms with Crippen molar-refractivity contribution in [1.29, 1.82) is 0 Å². The summed E-state index contributed by atoms with van der Waals surface area (Å²) in [6, 6.07) is 2.58. The van der Waals surface area contributed by atoms with E-state index in [1.165, 1.54) is 17.4 Å². The molecule has 210 valence electrons. The predicted molar refractivity (Wildman–Crippen MR) is 141 cm³/mol. The van der Waals surface area contributed by atoms with Crippen molar-refractivity contribution in [2.75, 3.05) is 83.7 Å². The molecule has 1 amide bonds. The maximum atomic E-state index is 14.7. The minimum Gasteiger partial charge on any atom is -0.487 e. The monoisotopic (exact) mass is 554 g/mol. The van der Waals surface area contributed by atoms with Crippen molar-refractivity contribution in [3.05, 3.63) is 29.1 Å². The Morgan fingerprint density at radius 1 is 1.05 bits per heavy atom. The van der Waals surface area contributed by atoms with E-state index in [-0.39, 0.29) is 25.1 Å². The Bertz CT molecular complexity index is 1070. The molecular weight excluding hydrogens is 518 g/mol. The largest absolute Gasteiger partial charge is 0.487 e. The molecule has 2 aromatic rings. The number of halogens is 2. The lowest BCUT2D eigenvalue weighted by Gasteiger charge is -2.35. The number of thiazole rings is 1. The summed E-state index contributed by atoms with van der Waals surface area (Å²) in [5.41, 5.74) is 0.435. The number of rotatable bonds is 9. The number of aromatic nitrogens is 1. The Labute approximate surface area is 226 Å². The van der Waals surface area contributed by atoms with Gasteiger partial charge in [0.2, 0.25) is 5.82 Å². The summed E-state index contributed by atoms with van der Waals surface area (Å²) in [5, 5.41) is 2.64. The quantitative estimate of drug-likeness (QED) is 0.433. The van der Waals surface area contributed by atoms with E-state index in [1.54, 1.807) is 4.90 Å². The maximum Gasteiger partial charge on any atom is 0.410 e. The van der Waals surface area contributed by atoms with Gasteiger partial charge >= 0.3 is 6.09 Å². The van der Waals surface area contributed by atoms with Crippen LogP contribution in [-0.2, 0) is 14.2 Å². The third kappa shape index (κ3) is 7.75. The Morgan fingerprint density at radius 2 is 1.79 bits per heavy atom. The number of nitrogens with zero attached hydrogens (tertiary/aromatic N) is 4. The minimum absolute atomic E-state index is 0.0697. The molecule has 0 N–H and O–H groups in total. The van der Waals surface area contributed by atoms with E-state index in [0.29, 0.717) is 50.7 Å². The first-order chi connectivity index (χ1) is 18.2. The SMILES string of the molecule is CC(C)(C)OC(=O)N1CCN(CCOCCOc2c(-c3csc(N4CCOCC4)n3)ccc(F)c2F)CC1. The second-order valence-corrected chi connectivity index (χ2v) is 11.0. The summed E-state index contributed by atoms with van der Waals surface area (Å²) in [7, 11) is 0. The van der Waals surface area contributed by atoms with E-state index >= 15 is 0 Å². The van der Waals surface area contributed by atoms with Crippen molar-refractivity contribution in [2.45, 2.75) is 26.4 Å². The molecular formula is C26H36F2N4O5S. The van der Waals surface area contributed by atoms with Crippen LogP contribution in [0.1, 0.15) is 20.8 Å². The molecule has 2 aliphatic rings. The lowest BCUT2D eigenvalue weighted by atomic mass is 10.1. The molecule has 0 aliphatic carbocycles. The third-order valence-electron chi connectivity index (χ3n) is 6.15. The lowest BCUT2D eigenvalue weighted by Crippen LogP contribution is -2.50. The van der Waals surface area contributed by atoms with Gasteiger partial charge in [-0.25, -0.2) is 14.2 Å². The second kappa shape index (κ2) is 13.0. The van der Waals surface area contributed by atoms with Crippen molar-refractivity contribution in [3.8, 4) is 17.0 Å². The maximum absolute atomic E-state index is 14.7. The zero-order chi connectivity index (χ0) is 27.1. The first-order valence-corrected chi connectivity index (χ1v) is 13.8. The van der Waals surface area contributed by atoms with E-state index < -0.39 is 17.2 Å². The van der Waals surface area contributed by atoms with Crippen LogP contribution in [0.15, 0.2) is 17.5 Å². The smallest absolute Gasteiger partial charge is 0.410 e. The Balaban J connectivity index is 1.21. The van der Waals surface area contributed by atoms with Gasteiger partial charge in [-0.2, -0.15) is 4.39 Å². The van der Waals surface area contributed by atoms with E-state index in [4.69, 9.17) is 18.9 Å². The van der Waals surface area contributed by atoms with Gasteiger partial charge in [0.15, 0.2) is 16.7 Å². The van der Waals surface area contributed by atoms with E-state index in [0.717, 1.165) is 37.4 Å². The predicted octanol–water partition coefficient (Wildman–Crippen LogP) is 3.87. The first kappa shape index (κ1) is 28.5. The van der Waals surface area contributed by atoms with Crippen LogP contribution < -0.4 is 9.64 Å². The van der Waals surface area contributed by atoms with Crippen LogP contribution in [0.2, 0.25) is 0 Å². The Morgan fingerprint density at radius 3 is 2.50 bits per heavy atom. The number of carbonyl (C=O) groups excluding carboxylic acids is 1. The summed E-state index contributed by atoms with van der Waals surface area (Å²) >= 11 is 1.45. The molecule has 2 aliphatic heterocycles. The van der Waals surface area contributed by atoms with E-state index in [2.05, 4.69) is 14.8 Å². The van der Waals surface area contributed by atoms with E-state index in [9.17, 15) is 13.6 Å². The van der Waals surface area contributed by atoms with Crippen LogP contribution >= 0.6 is 11.3 Å². The highest BCUT2D eigenvalue weighted by Gasteiger charge is 2.26. The number of amides is 1. The van der Waals surface area contributed by atoms with Gasteiger partial charge in [0.1, 0.15) is 12.2 Å². The normalized spacial score (nSPS) is 17.1. The molecule has 1 aromatic carbocycles. The van der Waals surface area contributed by atoms with Crippen LogP contribution in [-0.4, -0.2) is 105 Å². The fourth-order valence-corrected chi connectivity index (χ4v) is 5.02. The van der Waals surface area contributed by atoms with Gasteiger partial charge in [0.25, 0.3) is 0 Å². The van der Waals surface area contributed by atoms with Crippen molar-refractivity contribution in [1.82, 2.24) is 14.8 Å². The number of hydrogen-bond acceptors (Lipinski definition) is 9. The number of morpholine rings is 1. The second-order valence-electron chi connectivity index (χ2n) is 10.1. The fourth-order valence-electron chi connectivity index (χ4n) is 4.14. The number of ether oxygens (including phenoxy) is 4. The molecule has 0 spiro atoms. The summed E-state index contributed by atoms with van der Waals surface area (Å²) in [6.45, 7) is 12.4. The zero-order valence-electron chi connectivity index (χ0n) is 22.2. The van der Waals surface area contributed by atoms with Crippen molar-refractivity contribution < 1.29 is 32.5 Å². The Kier molecular flexibility index (Phi) is 9.74. The average molecular weight is 555 g/mol. The lowest BCUT2D eigenvalue weighted by molar-refractivity contribution is 0.0108. The molecule has 0 saturated carbocycles. The van der Waals surface area contributed by atoms with Gasteiger partial charge in [-0.15, -0.1) is 11.3 Å². The molecule has 12 heteroatoms. The summed E-state index contributed by atoms with van der Waals surface area (Å²) in [4.78, 5) is 22.9. The standard InChI is InChI=1S/C26H36F2N4O5S/c1-26(2,3)37-25(33)32-8-6-30(7-9-32)10-13-35-16-17-36-23-19(4-5-20(27)22(23)28)21-18-38-24(29-21)31-11-14-34-15-12-31/h4-5,18H,6-17H2,1-3H3. The fraction of sp³-hybridized carbons (Fsp3) is 0.615. The highest BCUT2D eigenvalue weighted by molar-refractivity contribution is 7.14. The highest BCUT2D eigenvalue weighted by Crippen LogP contribution is 2.36. The van der Waals surface area contributed by atoms with Crippen LogP contribution in [0, 0.1) is 11.6 Å². The molecule has 0 unspecified atom stereocenters. The van der Waals surface area contributed by atoms with Gasteiger partial charge in [0.05, 0.1) is 32.1 Å². The molecule has 0 bridgehead atoms. The van der Waals surface area contributed by atoms with Crippen LogP contribution in [0.25, 0.3) is 11.3 Å². The average Bonchev–Trinajstić information content (AvgIpc) is 3.38. The van der Waals surface area contributed by atoms with Crippen molar-refractivity contribution >= 4 is 22.6 Å². The van der Waals surface area contributed by atoms with Crippen molar-refractivity contribution in [2.24, 2.45) is 0 Å². The number of hydrogen-bond donors (Lipinski definition) is 0. The number of benzene rings is 1. The molecule has 38 heavy (non-hydrogen) atoms. The number of carbonyl (C=O) groups is 1. The van der Waals surface area contributed by atoms with Gasteiger partial charge in [-0.05, 0) is 32.9 Å². The topological polar surface area (TPSA) is 76.6 Å². The molecule has 0 atom stereocenters. The van der Waals surface area contributed by atoms with Crippen molar-refractivity contribution in [3.63, 3.8) is 0 Å². The summed E-state index contributed by atoms with van der Waals surface area (Å²) < 4.78 is 50.8. The van der Waals surface area contributed by atoms with Gasteiger partial charge in [-0.1, -0.05) is 0 Å². The molecule has 2 saturated heterocycles. The Hall–Kier alpha value is -2.54. The van der Waals surface area contributed by atoms with Crippen LogP contribution in [0.4, 0.5) is 18.7 Å². The summed E-state index contributed by atoms with van der Waals surface area (Å²) in [6.07, 6.45) is -0.288. The first-order valence-electron chi connectivity index (χ1n) is 12.9. The highest BCUT2D eigenvalue weighted by atomic mass is 32.1. The van der Waals surface area contributed by atoms with Gasteiger partial charge in [0, 0.05) is 56.8 Å². The molecule has 9 nitrogen and oxygen atoms in total. The molecule has 3 heterocycles. The molecule has 0 radical (unpaired) electrons. The summed E-state index contributed by atoms with van der Waals surface area (Å²) in [5.74, 6) is -2.17.